The van der Waals surface area contributed by atoms with Crippen molar-refractivity contribution in [1.82, 2.24) is 10.6 Å². The van der Waals surface area contributed by atoms with Crippen LogP contribution in [-0.4, -0.2) is 34.7 Å². The van der Waals surface area contributed by atoms with Gasteiger partial charge >= 0.3 is 0 Å². The molecule has 0 bridgehead atoms. The van der Waals surface area contributed by atoms with E-state index in [1.807, 2.05) is 19.9 Å². The summed E-state index contributed by atoms with van der Waals surface area (Å²) < 4.78 is 0. The second-order valence-electron chi connectivity index (χ2n) is 9.65. The maximum atomic E-state index is 13.0. The molecule has 30 heavy (non-hydrogen) atoms. The van der Waals surface area contributed by atoms with Crippen LogP contribution in [0.15, 0.2) is 18.2 Å². The SMILES string of the molecule is CC(C)c1ccc2c(c1)NC(=O)C(C)(C)NC(=O)C(C)(C)C(=O)NC(C)(C)C(=O)N2. The number of hydrogen-bond acceptors (Lipinski definition) is 4. The molecule has 4 N–H and O–H groups in total. The van der Waals surface area contributed by atoms with Crippen molar-refractivity contribution in [2.45, 2.75) is 72.4 Å². The minimum atomic E-state index is -1.50. The van der Waals surface area contributed by atoms with Crippen LogP contribution in [0.25, 0.3) is 0 Å². The van der Waals surface area contributed by atoms with Crippen molar-refractivity contribution in [3.63, 3.8) is 0 Å². The molecular weight excluding hydrogens is 384 g/mol. The first kappa shape index (κ1) is 23.4. The molecule has 0 unspecified atom stereocenters. The Bertz CT molecular complexity index is 900. The zero-order valence-electron chi connectivity index (χ0n) is 18.9. The highest BCUT2D eigenvalue weighted by Gasteiger charge is 2.44. The van der Waals surface area contributed by atoms with Crippen molar-refractivity contribution >= 4 is 35.0 Å². The van der Waals surface area contributed by atoms with Crippen LogP contribution in [0.1, 0.15) is 66.9 Å². The number of amides is 4. The van der Waals surface area contributed by atoms with Crippen molar-refractivity contribution < 1.29 is 19.2 Å². The van der Waals surface area contributed by atoms with Crippen LogP contribution in [-0.2, 0) is 19.2 Å². The Morgan fingerprint density at radius 1 is 0.667 bits per heavy atom. The second kappa shape index (κ2) is 7.74. The number of anilines is 2. The van der Waals surface area contributed by atoms with Crippen molar-refractivity contribution in [2.75, 3.05) is 10.6 Å². The van der Waals surface area contributed by atoms with Gasteiger partial charge in [0, 0.05) is 0 Å². The number of rotatable bonds is 1. The summed E-state index contributed by atoms with van der Waals surface area (Å²) in [5.74, 6) is -1.98. The predicted molar refractivity (Wildman–Crippen MR) is 116 cm³/mol. The topological polar surface area (TPSA) is 116 Å². The van der Waals surface area contributed by atoms with Gasteiger partial charge in [-0.15, -0.1) is 0 Å². The van der Waals surface area contributed by atoms with Gasteiger partial charge in [-0.05, 0) is 65.2 Å². The first-order chi connectivity index (χ1) is 13.6. The fourth-order valence-corrected chi connectivity index (χ4v) is 2.79. The molecule has 0 fully saturated rings. The van der Waals surface area contributed by atoms with Crippen LogP contribution in [0, 0.1) is 5.41 Å². The van der Waals surface area contributed by atoms with E-state index < -0.39 is 40.1 Å². The average molecular weight is 417 g/mol. The Labute approximate surface area is 177 Å². The summed E-state index contributed by atoms with van der Waals surface area (Å²) >= 11 is 0. The number of carbonyl (C=O) groups excluding carboxylic acids is 4. The zero-order valence-corrected chi connectivity index (χ0v) is 18.9. The van der Waals surface area contributed by atoms with Gasteiger partial charge in [-0.1, -0.05) is 19.9 Å². The van der Waals surface area contributed by atoms with E-state index in [-0.39, 0.29) is 5.92 Å². The number of fused-ring (bicyclic) bond motifs is 1. The monoisotopic (exact) mass is 416 g/mol. The van der Waals surface area contributed by atoms with Crippen LogP contribution in [0.3, 0.4) is 0 Å². The molecule has 164 valence electrons. The van der Waals surface area contributed by atoms with Crippen LogP contribution in [0.2, 0.25) is 0 Å². The largest absolute Gasteiger partial charge is 0.341 e. The number of nitrogens with one attached hydrogen (secondary N) is 4. The van der Waals surface area contributed by atoms with Gasteiger partial charge in [0.1, 0.15) is 16.5 Å². The van der Waals surface area contributed by atoms with Gasteiger partial charge in [0.15, 0.2) is 0 Å². The molecule has 1 aromatic rings. The summed E-state index contributed by atoms with van der Waals surface area (Å²) in [5.41, 5.74) is -2.30. The lowest BCUT2D eigenvalue weighted by Gasteiger charge is -2.32. The van der Waals surface area contributed by atoms with Crippen molar-refractivity contribution in [3.8, 4) is 0 Å². The molecule has 0 aliphatic carbocycles. The quantitative estimate of drug-likeness (QED) is 0.526. The van der Waals surface area contributed by atoms with Crippen LogP contribution in [0.5, 0.6) is 0 Å². The van der Waals surface area contributed by atoms with Crippen molar-refractivity contribution in [1.29, 1.82) is 0 Å². The van der Waals surface area contributed by atoms with Crippen molar-refractivity contribution in [2.24, 2.45) is 5.41 Å². The first-order valence-electron chi connectivity index (χ1n) is 10.00. The maximum Gasteiger partial charge on any atom is 0.249 e. The summed E-state index contributed by atoms with van der Waals surface area (Å²) in [6, 6.07) is 5.39. The molecule has 0 spiro atoms. The fourth-order valence-electron chi connectivity index (χ4n) is 2.79. The highest BCUT2D eigenvalue weighted by Crippen LogP contribution is 2.29. The van der Waals surface area contributed by atoms with E-state index in [4.69, 9.17) is 0 Å². The normalized spacial score (nSPS) is 21.1. The minimum absolute atomic E-state index is 0.205. The van der Waals surface area contributed by atoms with E-state index in [1.165, 1.54) is 13.8 Å². The molecule has 0 aromatic heterocycles. The smallest absolute Gasteiger partial charge is 0.249 e. The van der Waals surface area contributed by atoms with Gasteiger partial charge in [-0.2, -0.15) is 0 Å². The Morgan fingerprint density at radius 3 is 1.53 bits per heavy atom. The minimum Gasteiger partial charge on any atom is -0.341 e. The van der Waals surface area contributed by atoms with E-state index >= 15 is 0 Å². The first-order valence-corrected chi connectivity index (χ1v) is 10.00. The summed E-state index contributed by atoms with van der Waals surface area (Å²) in [6.45, 7) is 13.2. The second-order valence-corrected chi connectivity index (χ2v) is 9.65. The third kappa shape index (κ3) is 4.63. The van der Waals surface area contributed by atoms with Gasteiger partial charge in [-0.25, -0.2) is 0 Å². The maximum absolute atomic E-state index is 13.0. The molecule has 0 saturated heterocycles. The molecule has 0 radical (unpaired) electrons. The van der Waals surface area contributed by atoms with Crippen LogP contribution in [0.4, 0.5) is 11.4 Å². The fraction of sp³-hybridized carbons (Fsp3) is 0.545. The van der Waals surface area contributed by atoms with Crippen LogP contribution < -0.4 is 21.3 Å². The van der Waals surface area contributed by atoms with Gasteiger partial charge in [-0.3, -0.25) is 19.2 Å². The lowest BCUT2D eigenvalue weighted by molar-refractivity contribution is -0.145. The highest BCUT2D eigenvalue weighted by atomic mass is 16.2. The Morgan fingerprint density at radius 2 is 1.10 bits per heavy atom. The Hall–Kier alpha value is -2.90. The molecule has 8 nitrogen and oxygen atoms in total. The highest BCUT2D eigenvalue weighted by molar-refractivity contribution is 6.11. The van der Waals surface area contributed by atoms with E-state index in [0.29, 0.717) is 11.4 Å². The number of hydrogen-bond donors (Lipinski definition) is 4. The molecule has 1 aromatic carbocycles. The lowest BCUT2D eigenvalue weighted by Crippen LogP contribution is -2.61. The molecule has 8 heteroatoms. The molecule has 1 aliphatic heterocycles. The van der Waals surface area contributed by atoms with Gasteiger partial charge in [0.05, 0.1) is 11.4 Å². The Balaban J connectivity index is 2.61. The predicted octanol–water partition coefficient (Wildman–Crippen LogP) is 2.52. The summed E-state index contributed by atoms with van der Waals surface area (Å²) in [5, 5.41) is 10.9. The van der Waals surface area contributed by atoms with E-state index in [1.54, 1.807) is 39.8 Å². The number of carbonyl (C=O) groups is 4. The van der Waals surface area contributed by atoms with Gasteiger partial charge in [0.2, 0.25) is 23.6 Å². The average Bonchev–Trinajstić information content (AvgIpc) is 2.61. The van der Waals surface area contributed by atoms with Crippen molar-refractivity contribution in [3.05, 3.63) is 23.8 Å². The molecule has 1 heterocycles. The molecule has 2 rings (SSSR count). The van der Waals surface area contributed by atoms with E-state index in [0.717, 1.165) is 5.56 Å². The molecular formula is C22H32N4O4. The van der Waals surface area contributed by atoms with Crippen LogP contribution >= 0.6 is 0 Å². The number of benzene rings is 1. The summed E-state index contributed by atoms with van der Waals surface area (Å²) in [6.07, 6.45) is 0. The third-order valence-corrected chi connectivity index (χ3v) is 5.33. The standard InChI is InChI=1S/C22H32N4O4/c1-12(2)13-9-10-14-15(11-13)24-19(30)22(7,8)26-17(28)20(3,4)16(27)25-21(5,6)18(29)23-14/h9-12H,1-8H3,(H,23,29)(H,24,30)(H,25,27)(H,26,28). The molecule has 0 saturated carbocycles. The third-order valence-electron chi connectivity index (χ3n) is 5.33. The molecule has 0 atom stereocenters. The molecule has 1 aliphatic rings. The summed E-state index contributed by atoms with van der Waals surface area (Å²) in [7, 11) is 0. The van der Waals surface area contributed by atoms with E-state index in [2.05, 4.69) is 21.3 Å². The van der Waals surface area contributed by atoms with E-state index in [9.17, 15) is 19.2 Å². The van der Waals surface area contributed by atoms with Gasteiger partial charge < -0.3 is 21.3 Å². The lowest BCUT2D eigenvalue weighted by atomic mass is 9.88. The van der Waals surface area contributed by atoms with Gasteiger partial charge in [0.25, 0.3) is 0 Å². The summed E-state index contributed by atoms with van der Waals surface area (Å²) in [4.78, 5) is 51.6. The molecule has 4 amide bonds. The Kier molecular flexibility index (Phi) is 6.03. The zero-order chi connectivity index (χ0) is 23.1.